The lowest BCUT2D eigenvalue weighted by Crippen LogP contribution is -2.61. The summed E-state index contributed by atoms with van der Waals surface area (Å²) in [5, 5.41) is 24.9. The summed E-state index contributed by atoms with van der Waals surface area (Å²) in [7, 11) is 0. The first kappa shape index (κ1) is 49.5. The third kappa shape index (κ3) is 16.7. The van der Waals surface area contributed by atoms with Gasteiger partial charge in [0.15, 0.2) is 0 Å². The van der Waals surface area contributed by atoms with Gasteiger partial charge in [0.2, 0.25) is 41.4 Å². The largest absolute Gasteiger partial charge is 0.508 e. The number of nitrogens with two attached hydrogens (primary N) is 2. The second kappa shape index (κ2) is 24.4. The number of carbonyl (C=O) groups excluding carboxylic acids is 8. The molecule has 6 atom stereocenters. The Morgan fingerprint density at radius 3 is 1.63 bits per heavy atom. The van der Waals surface area contributed by atoms with E-state index in [1.807, 2.05) is 0 Å². The van der Waals surface area contributed by atoms with Gasteiger partial charge in [0.05, 0.1) is 19.0 Å². The van der Waals surface area contributed by atoms with Crippen LogP contribution in [0.5, 0.6) is 5.75 Å². The average Bonchev–Trinajstić information content (AvgIpc) is 3.23. The molecule has 0 saturated heterocycles. The third-order valence-corrected chi connectivity index (χ3v) is 9.57. The summed E-state index contributed by atoms with van der Waals surface area (Å²) in [6, 6.07) is 15.9. The van der Waals surface area contributed by atoms with Crippen LogP contribution < -0.4 is 43.4 Å². The molecule has 0 saturated carbocycles. The van der Waals surface area contributed by atoms with Crippen molar-refractivity contribution in [3.05, 3.63) is 102 Å². The maximum atomic E-state index is 14.2. The minimum absolute atomic E-state index is 0.0474. The van der Waals surface area contributed by atoms with Crippen molar-refractivity contribution in [3.8, 4) is 5.75 Å². The lowest BCUT2D eigenvalue weighted by molar-refractivity contribution is -0.148. The monoisotopic (exact) mass is 858 g/mol. The van der Waals surface area contributed by atoms with Gasteiger partial charge in [0, 0.05) is 6.42 Å². The van der Waals surface area contributed by atoms with Crippen LogP contribution in [-0.2, 0) is 62.5 Å². The van der Waals surface area contributed by atoms with Gasteiger partial charge in [-0.2, -0.15) is 0 Å². The van der Waals surface area contributed by atoms with Gasteiger partial charge in [-0.1, -0.05) is 100 Å². The Morgan fingerprint density at radius 2 is 1.06 bits per heavy atom. The van der Waals surface area contributed by atoms with E-state index in [2.05, 4.69) is 31.9 Å². The molecule has 0 aliphatic rings. The summed E-state index contributed by atoms with van der Waals surface area (Å²) in [5.74, 6) is -7.29. The van der Waals surface area contributed by atoms with E-state index >= 15 is 0 Å². The summed E-state index contributed by atoms with van der Waals surface area (Å²) >= 11 is 0. The zero-order valence-electron chi connectivity index (χ0n) is 35.5. The highest BCUT2D eigenvalue weighted by Crippen LogP contribution is 2.13. The van der Waals surface area contributed by atoms with Crippen molar-refractivity contribution in [1.82, 2.24) is 31.9 Å². The molecule has 0 bridgehead atoms. The van der Waals surface area contributed by atoms with Crippen LogP contribution in [0.4, 0.5) is 0 Å². The van der Waals surface area contributed by atoms with E-state index in [0.717, 1.165) is 0 Å². The Kier molecular flexibility index (Phi) is 19.5. The Labute approximate surface area is 360 Å². The first-order valence-corrected chi connectivity index (χ1v) is 20.2. The summed E-state index contributed by atoms with van der Waals surface area (Å²) in [5.41, 5.74) is 13.2. The molecule has 18 heteroatoms. The Morgan fingerprint density at radius 1 is 0.565 bits per heavy atom. The normalized spacial score (nSPS) is 13.9. The standard InChI is InChI=1S/C44H58N8O10/c1-25(2)37(43(60)47-23-35(46)54)52-44(61)38(26(3)4)51-42(59)34(22-36(55)62-24-30-14-10-7-11-15-30)50-41(58)33(21-28-12-8-6-9-13-28)49-39(56)27(5)48-40(57)32(45)20-29-16-18-31(53)19-17-29/h6-19,25-27,32-34,37-38,53H,20-24,45H2,1-5H3,(H2,46,54)(H,47,60)(H,48,57)(H,49,56)(H,50,58)(H,51,59)(H,52,61)/t27-,32+,33+,34+,37+,38+/m1/s1. The predicted molar refractivity (Wildman–Crippen MR) is 228 cm³/mol. The van der Waals surface area contributed by atoms with Gasteiger partial charge < -0.3 is 53.2 Å². The maximum absolute atomic E-state index is 14.2. The number of carbonyl (C=O) groups is 8. The summed E-state index contributed by atoms with van der Waals surface area (Å²) in [4.78, 5) is 106. The molecule has 3 rings (SSSR count). The second-order valence-corrected chi connectivity index (χ2v) is 15.5. The number of esters is 1. The van der Waals surface area contributed by atoms with Crippen molar-refractivity contribution < 1.29 is 48.2 Å². The molecule has 0 unspecified atom stereocenters. The molecule has 11 N–H and O–H groups in total. The molecule has 0 fully saturated rings. The SMILES string of the molecule is CC(C)[C@H](NC(=O)[C@H](CC(=O)OCc1ccccc1)NC(=O)[C@H](Cc1ccccc1)NC(=O)[C@@H](C)NC(=O)[C@@H](N)Cc1ccc(O)cc1)C(=O)N[C@H](C(=O)NCC(N)=O)C(C)C. The van der Waals surface area contributed by atoms with Crippen molar-refractivity contribution >= 4 is 47.3 Å². The predicted octanol–water partition coefficient (Wildman–Crippen LogP) is -0.00440. The van der Waals surface area contributed by atoms with Crippen LogP contribution in [0, 0.1) is 11.8 Å². The number of rotatable bonds is 23. The number of phenolic OH excluding ortho intramolecular Hbond substituents is 1. The van der Waals surface area contributed by atoms with E-state index in [4.69, 9.17) is 16.2 Å². The Balaban J connectivity index is 1.85. The molecule has 0 aliphatic heterocycles. The fourth-order valence-electron chi connectivity index (χ4n) is 6.02. The minimum Gasteiger partial charge on any atom is -0.508 e. The first-order valence-electron chi connectivity index (χ1n) is 20.2. The molecular weight excluding hydrogens is 801 g/mol. The van der Waals surface area contributed by atoms with Crippen molar-refractivity contribution in [2.45, 2.75) is 96.7 Å². The summed E-state index contributed by atoms with van der Waals surface area (Å²) in [6.45, 7) is 7.41. The summed E-state index contributed by atoms with van der Waals surface area (Å²) in [6.07, 6.45) is -0.642. The number of amides is 7. The molecule has 0 spiro atoms. The molecule has 0 radical (unpaired) electrons. The van der Waals surface area contributed by atoms with Gasteiger partial charge in [0.1, 0.15) is 42.6 Å². The van der Waals surface area contributed by atoms with Crippen molar-refractivity contribution in [1.29, 1.82) is 0 Å². The molecule has 0 aromatic heterocycles. The smallest absolute Gasteiger partial charge is 0.308 e. The van der Waals surface area contributed by atoms with Gasteiger partial charge >= 0.3 is 5.97 Å². The van der Waals surface area contributed by atoms with E-state index < -0.39 is 108 Å². The number of nitrogens with one attached hydrogen (secondary N) is 6. The molecule has 0 aliphatic carbocycles. The summed E-state index contributed by atoms with van der Waals surface area (Å²) < 4.78 is 5.43. The molecule has 334 valence electrons. The number of phenols is 1. The highest BCUT2D eigenvalue weighted by atomic mass is 16.5. The molecule has 18 nitrogen and oxygen atoms in total. The van der Waals surface area contributed by atoms with Gasteiger partial charge in [-0.3, -0.25) is 38.4 Å². The maximum Gasteiger partial charge on any atom is 0.308 e. The number of hydrogen-bond acceptors (Lipinski definition) is 11. The van der Waals surface area contributed by atoms with Gasteiger partial charge in [0.25, 0.3) is 0 Å². The van der Waals surface area contributed by atoms with E-state index in [0.29, 0.717) is 16.7 Å². The van der Waals surface area contributed by atoms with E-state index in [1.54, 1.807) is 100 Å². The quantitative estimate of drug-likeness (QED) is 0.0572. The Hall–Kier alpha value is -6.82. The van der Waals surface area contributed by atoms with Gasteiger partial charge in [-0.25, -0.2) is 0 Å². The zero-order valence-corrected chi connectivity index (χ0v) is 35.5. The van der Waals surface area contributed by atoms with Crippen LogP contribution in [0.1, 0.15) is 57.7 Å². The molecule has 0 heterocycles. The molecule has 3 aromatic rings. The van der Waals surface area contributed by atoms with Crippen molar-refractivity contribution in [2.75, 3.05) is 6.54 Å². The highest BCUT2D eigenvalue weighted by Gasteiger charge is 2.35. The molecule has 3 aromatic carbocycles. The topological polar surface area (TPSA) is 290 Å². The van der Waals surface area contributed by atoms with Crippen LogP contribution in [0.25, 0.3) is 0 Å². The lowest BCUT2D eigenvalue weighted by atomic mass is 9.99. The van der Waals surface area contributed by atoms with E-state index in [1.165, 1.54) is 19.1 Å². The second-order valence-electron chi connectivity index (χ2n) is 15.5. The Bertz CT molecular complexity index is 2000. The van der Waals surface area contributed by atoms with Crippen molar-refractivity contribution in [3.63, 3.8) is 0 Å². The molecular formula is C44H58N8O10. The van der Waals surface area contributed by atoms with Crippen LogP contribution >= 0.6 is 0 Å². The number of benzene rings is 3. The van der Waals surface area contributed by atoms with Crippen LogP contribution in [-0.4, -0.2) is 95.2 Å². The average molecular weight is 859 g/mol. The first-order chi connectivity index (χ1) is 29.3. The van der Waals surface area contributed by atoms with Crippen molar-refractivity contribution in [2.24, 2.45) is 23.3 Å². The van der Waals surface area contributed by atoms with E-state index in [-0.39, 0.29) is 25.2 Å². The highest BCUT2D eigenvalue weighted by molar-refractivity contribution is 5.98. The number of primary amides is 1. The van der Waals surface area contributed by atoms with Gasteiger partial charge in [-0.05, 0) is 54.0 Å². The van der Waals surface area contributed by atoms with E-state index in [9.17, 15) is 43.5 Å². The molecule has 62 heavy (non-hydrogen) atoms. The zero-order chi connectivity index (χ0) is 45.9. The number of ether oxygens (including phenoxy) is 1. The minimum atomic E-state index is -1.63. The molecule has 7 amide bonds. The third-order valence-electron chi connectivity index (χ3n) is 9.57. The lowest BCUT2D eigenvalue weighted by Gasteiger charge is -2.29. The van der Waals surface area contributed by atoms with Crippen LogP contribution in [0.2, 0.25) is 0 Å². The van der Waals surface area contributed by atoms with Gasteiger partial charge in [-0.15, -0.1) is 0 Å². The van der Waals surface area contributed by atoms with Crippen LogP contribution in [0.15, 0.2) is 84.9 Å². The van der Waals surface area contributed by atoms with Crippen LogP contribution in [0.3, 0.4) is 0 Å². The number of aromatic hydroxyl groups is 1. The fraction of sp³-hybridized carbons (Fsp3) is 0.409. The number of hydrogen-bond donors (Lipinski definition) is 9. The fourth-order valence-corrected chi connectivity index (χ4v) is 6.02.